The molecule has 2 rings (SSSR count). The van der Waals surface area contributed by atoms with Crippen LogP contribution in [0.3, 0.4) is 0 Å². The van der Waals surface area contributed by atoms with Gasteiger partial charge in [0.2, 0.25) is 11.8 Å². The van der Waals surface area contributed by atoms with E-state index >= 15 is 0 Å². The molecular weight excluding hydrogens is 340 g/mol. The lowest BCUT2D eigenvalue weighted by Crippen LogP contribution is -2.32. The third kappa shape index (κ3) is 4.90. The van der Waals surface area contributed by atoms with Gasteiger partial charge in [0.05, 0.1) is 12.2 Å². The van der Waals surface area contributed by atoms with Gasteiger partial charge in [-0.3, -0.25) is 9.59 Å². The van der Waals surface area contributed by atoms with Crippen LogP contribution in [0.4, 0.5) is 23.2 Å². The number of carbonyl (C=O) groups is 2. The number of rotatable bonds is 5. The standard InChI is InChI=1S/C17H12F4N2O2/c18-11-4-2-1-3-10(11)5-8-14(24)22-9-15(25)23-13-7-6-12(19)16(20)17(13)21/h1-8H,9H2,(H,22,24)(H,23,25)/b8-5+. The van der Waals surface area contributed by atoms with Crippen molar-refractivity contribution in [2.45, 2.75) is 0 Å². The topological polar surface area (TPSA) is 58.2 Å². The average Bonchev–Trinajstić information content (AvgIpc) is 2.60. The first-order valence-electron chi connectivity index (χ1n) is 7.02. The van der Waals surface area contributed by atoms with Crippen LogP contribution < -0.4 is 10.6 Å². The second-order valence-corrected chi connectivity index (χ2v) is 4.84. The number of hydrogen-bond donors (Lipinski definition) is 2. The van der Waals surface area contributed by atoms with E-state index in [0.717, 1.165) is 12.1 Å². The molecular formula is C17H12F4N2O2. The predicted molar refractivity (Wildman–Crippen MR) is 83.4 cm³/mol. The van der Waals surface area contributed by atoms with Crippen molar-refractivity contribution in [3.8, 4) is 0 Å². The van der Waals surface area contributed by atoms with E-state index in [-0.39, 0.29) is 5.56 Å². The molecule has 2 N–H and O–H groups in total. The second-order valence-electron chi connectivity index (χ2n) is 4.84. The first-order valence-corrected chi connectivity index (χ1v) is 7.02. The minimum Gasteiger partial charge on any atom is -0.343 e. The van der Waals surface area contributed by atoms with Gasteiger partial charge in [-0.2, -0.15) is 0 Å². The fourth-order valence-electron chi connectivity index (χ4n) is 1.82. The third-order valence-corrected chi connectivity index (χ3v) is 3.05. The summed E-state index contributed by atoms with van der Waals surface area (Å²) in [5.74, 6) is -6.70. The molecule has 25 heavy (non-hydrogen) atoms. The molecule has 130 valence electrons. The Morgan fingerprint density at radius 3 is 2.36 bits per heavy atom. The van der Waals surface area contributed by atoms with Crippen molar-refractivity contribution in [1.29, 1.82) is 0 Å². The van der Waals surface area contributed by atoms with Crippen LogP contribution in [-0.4, -0.2) is 18.4 Å². The normalized spacial score (nSPS) is 10.7. The molecule has 0 aromatic heterocycles. The molecule has 0 aliphatic carbocycles. The maximum atomic E-state index is 13.4. The Kier molecular flexibility index (Phi) is 5.89. The summed E-state index contributed by atoms with van der Waals surface area (Å²) in [6.07, 6.45) is 2.24. The molecule has 0 bridgehead atoms. The highest BCUT2D eigenvalue weighted by molar-refractivity contribution is 5.98. The Labute approximate surface area is 140 Å². The van der Waals surface area contributed by atoms with E-state index in [4.69, 9.17) is 0 Å². The molecule has 0 heterocycles. The van der Waals surface area contributed by atoms with Gasteiger partial charge in [0, 0.05) is 11.6 Å². The van der Waals surface area contributed by atoms with Crippen molar-refractivity contribution in [3.63, 3.8) is 0 Å². The number of halogens is 4. The van der Waals surface area contributed by atoms with Crippen molar-refractivity contribution in [2.24, 2.45) is 0 Å². The predicted octanol–water partition coefficient (Wildman–Crippen LogP) is 3.01. The van der Waals surface area contributed by atoms with Crippen LogP contribution in [0.2, 0.25) is 0 Å². The van der Waals surface area contributed by atoms with Crippen LogP contribution in [0.5, 0.6) is 0 Å². The van der Waals surface area contributed by atoms with E-state index in [9.17, 15) is 27.2 Å². The van der Waals surface area contributed by atoms with E-state index in [1.165, 1.54) is 24.3 Å². The second kappa shape index (κ2) is 8.09. The molecule has 0 aliphatic heterocycles. The lowest BCUT2D eigenvalue weighted by atomic mass is 10.2. The van der Waals surface area contributed by atoms with Gasteiger partial charge >= 0.3 is 0 Å². The van der Waals surface area contributed by atoms with Gasteiger partial charge in [-0.05, 0) is 24.3 Å². The van der Waals surface area contributed by atoms with Crippen molar-refractivity contribution in [1.82, 2.24) is 5.32 Å². The number of amides is 2. The zero-order valence-electron chi connectivity index (χ0n) is 12.7. The highest BCUT2D eigenvalue weighted by atomic mass is 19.2. The number of nitrogens with one attached hydrogen (secondary N) is 2. The zero-order valence-corrected chi connectivity index (χ0v) is 12.7. The fourth-order valence-corrected chi connectivity index (χ4v) is 1.82. The van der Waals surface area contributed by atoms with E-state index in [2.05, 4.69) is 5.32 Å². The monoisotopic (exact) mass is 352 g/mol. The van der Waals surface area contributed by atoms with E-state index in [1.807, 2.05) is 5.32 Å². The molecule has 0 radical (unpaired) electrons. The molecule has 0 aliphatic rings. The molecule has 0 atom stereocenters. The molecule has 0 spiro atoms. The van der Waals surface area contributed by atoms with E-state index < -0.39 is 47.3 Å². The number of anilines is 1. The molecule has 0 saturated heterocycles. The van der Waals surface area contributed by atoms with Gasteiger partial charge in [0.25, 0.3) is 0 Å². The minimum absolute atomic E-state index is 0.186. The quantitative estimate of drug-likeness (QED) is 0.494. The molecule has 4 nitrogen and oxygen atoms in total. The summed E-state index contributed by atoms with van der Waals surface area (Å²) in [5, 5.41) is 4.18. The highest BCUT2D eigenvalue weighted by Crippen LogP contribution is 2.19. The SMILES string of the molecule is O=C(/C=C/c1ccccc1F)NCC(=O)Nc1ccc(F)c(F)c1F. The van der Waals surface area contributed by atoms with Crippen LogP contribution >= 0.6 is 0 Å². The lowest BCUT2D eigenvalue weighted by molar-refractivity contribution is -0.121. The van der Waals surface area contributed by atoms with Gasteiger partial charge in [-0.1, -0.05) is 18.2 Å². The Bertz CT molecular complexity index is 837. The summed E-state index contributed by atoms with van der Waals surface area (Å²) >= 11 is 0. The van der Waals surface area contributed by atoms with Crippen LogP contribution in [0.25, 0.3) is 6.08 Å². The molecule has 0 fully saturated rings. The van der Waals surface area contributed by atoms with Crippen molar-refractivity contribution < 1.29 is 27.2 Å². The summed E-state index contributed by atoms with van der Waals surface area (Å²) in [5.41, 5.74) is -0.369. The van der Waals surface area contributed by atoms with Crippen molar-refractivity contribution >= 4 is 23.6 Å². The molecule has 0 unspecified atom stereocenters. The van der Waals surface area contributed by atoms with Gasteiger partial charge in [-0.15, -0.1) is 0 Å². The Balaban J connectivity index is 1.89. The molecule has 2 aromatic carbocycles. The largest absolute Gasteiger partial charge is 0.343 e. The van der Waals surface area contributed by atoms with Crippen LogP contribution in [-0.2, 0) is 9.59 Å². The molecule has 0 saturated carbocycles. The number of benzene rings is 2. The number of hydrogen-bond acceptors (Lipinski definition) is 2. The fraction of sp³-hybridized carbons (Fsp3) is 0.0588. The van der Waals surface area contributed by atoms with Gasteiger partial charge in [0.1, 0.15) is 5.82 Å². The first-order chi connectivity index (χ1) is 11.9. The number of carbonyl (C=O) groups excluding carboxylic acids is 2. The maximum absolute atomic E-state index is 13.4. The van der Waals surface area contributed by atoms with E-state index in [1.54, 1.807) is 6.07 Å². The van der Waals surface area contributed by atoms with Gasteiger partial charge in [0.15, 0.2) is 17.5 Å². The molecule has 2 aromatic rings. The molecule has 8 heteroatoms. The van der Waals surface area contributed by atoms with Crippen LogP contribution in [0.1, 0.15) is 5.56 Å². The van der Waals surface area contributed by atoms with Crippen molar-refractivity contribution in [2.75, 3.05) is 11.9 Å². The van der Waals surface area contributed by atoms with Gasteiger partial charge < -0.3 is 10.6 Å². The average molecular weight is 352 g/mol. The molecule has 2 amide bonds. The van der Waals surface area contributed by atoms with E-state index in [0.29, 0.717) is 6.07 Å². The van der Waals surface area contributed by atoms with Crippen molar-refractivity contribution in [3.05, 3.63) is 71.3 Å². The Hall–Kier alpha value is -3.16. The summed E-state index contributed by atoms with van der Waals surface area (Å²) < 4.78 is 52.6. The van der Waals surface area contributed by atoms with Gasteiger partial charge in [-0.25, -0.2) is 17.6 Å². The summed E-state index contributed by atoms with van der Waals surface area (Å²) in [4.78, 5) is 23.2. The summed E-state index contributed by atoms with van der Waals surface area (Å²) in [6, 6.07) is 7.27. The summed E-state index contributed by atoms with van der Waals surface area (Å²) in [7, 11) is 0. The lowest BCUT2D eigenvalue weighted by Gasteiger charge is -2.07. The van der Waals surface area contributed by atoms with Crippen LogP contribution in [0, 0.1) is 23.3 Å². The smallest absolute Gasteiger partial charge is 0.244 e. The Morgan fingerprint density at radius 2 is 1.64 bits per heavy atom. The maximum Gasteiger partial charge on any atom is 0.244 e. The highest BCUT2D eigenvalue weighted by Gasteiger charge is 2.15. The summed E-state index contributed by atoms with van der Waals surface area (Å²) in [6.45, 7) is -0.543. The first kappa shape index (κ1) is 18.2. The zero-order chi connectivity index (χ0) is 18.4. The van der Waals surface area contributed by atoms with Crippen LogP contribution in [0.15, 0.2) is 42.5 Å². The Morgan fingerprint density at radius 1 is 0.920 bits per heavy atom. The third-order valence-electron chi connectivity index (χ3n) is 3.05. The minimum atomic E-state index is -1.71.